The molecule has 2 aromatic rings. The van der Waals surface area contributed by atoms with Crippen molar-refractivity contribution in [1.82, 2.24) is 9.88 Å². The van der Waals surface area contributed by atoms with Gasteiger partial charge < -0.3 is 9.88 Å². The number of hydrogen-bond donors (Lipinski definition) is 1. The van der Waals surface area contributed by atoms with Crippen molar-refractivity contribution in [3.05, 3.63) is 36.0 Å². The minimum Gasteiger partial charge on any atom is -0.361 e. The predicted molar refractivity (Wildman–Crippen MR) is 76.8 cm³/mol. The van der Waals surface area contributed by atoms with Crippen LogP contribution in [-0.2, 0) is 6.42 Å². The summed E-state index contributed by atoms with van der Waals surface area (Å²) in [6, 6.07) is 8.62. The number of aryl methyl sites for hydroxylation is 1. The van der Waals surface area contributed by atoms with Gasteiger partial charge >= 0.3 is 0 Å². The first kappa shape index (κ1) is 11.8. The second kappa shape index (κ2) is 5.15. The number of piperidine rings is 1. The smallest absolute Gasteiger partial charge is 0.0456 e. The van der Waals surface area contributed by atoms with Crippen LogP contribution in [0.15, 0.2) is 30.5 Å². The van der Waals surface area contributed by atoms with Crippen LogP contribution in [0, 0.1) is 5.92 Å². The fourth-order valence-electron chi connectivity index (χ4n) is 3.05. The summed E-state index contributed by atoms with van der Waals surface area (Å²) in [5.41, 5.74) is 2.76. The third-order valence-electron chi connectivity index (χ3n) is 4.33. The highest BCUT2D eigenvalue weighted by molar-refractivity contribution is 5.82. The lowest BCUT2D eigenvalue weighted by atomic mass is 9.91. The molecule has 2 heteroatoms. The summed E-state index contributed by atoms with van der Waals surface area (Å²) in [6.45, 7) is 2.55. The van der Waals surface area contributed by atoms with Crippen LogP contribution in [0.2, 0.25) is 0 Å². The molecule has 0 atom stereocenters. The van der Waals surface area contributed by atoms with Crippen LogP contribution < -0.4 is 0 Å². The van der Waals surface area contributed by atoms with E-state index >= 15 is 0 Å². The molecule has 1 fully saturated rings. The molecule has 0 spiro atoms. The van der Waals surface area contributed by atoms with Gasteiger partial charge in [-0.3, -0.25) is 0 Å². The summed E-state index contributed by atoms with van der Waals surface area (Å²) in [5, 5.41) is 1.41. The lowest BCUT2D eigenvalue weighted by Gasteiger charge is -2.28. The van der Waals surface area contributed by atoms with Crippen LogP contribution in [0.5, 0.6) is 0 Å². The van der Waals surface area contributed by atoms with Gasteiger partial charge in [0.15, 0.2) is 0 Å². The number of benzene rings is 1. The van der Waals surface area contributed by atoms with Gasteiger partial charge in [-0.25, -0.2) is 0 Å². The molecule has 0 saturated carbocycles. The highest BCUT2D eigenvalue weighted by atomic mass is 15.1. The number of para-hydroxylation sites is 1. The molecule has 1 aliphatic rings. The largest absolute Gasteiger partial charge is 0.361 e. The Labute approximate surface area is 109 Å². The Morgan fingerprint density at radius 1 is 1.22 bits per heavy atom. The third kappa shape index (κ3) is 2.44. The summed E-state index contributed by atoms with van der Waals surface area (Å²) in [6.07, 6.45) is 7.51. The summed E-state index contributed by atoms with van der Waals surface area (Å²) in [4.78, 5) is 5.82. The molecule has 1 N–H and O–H groups in total. The van der Waals surface area contributed by atoms with Crippen molar-refractivity contribution in [1.29, 1.82) is 0 Å². The molecule has 0 unspecified atom stereocenters. The van der Waals surface area contributed by atoms with E-state index in [1.54, 1.807) is 0 Å². The monoisotopic (exact) mass is 242 g/mol. The maximum absolute atomic E-state index is 3.37. The van der Waals surface area contributed by atoms with Crippen LogP contribution in [0.4, 0.5) is 0 Å². The van der Waals surface area contributed by atoms with Crippen molar-refractivity contribution in [3.8, 4) is 0 Å². The van der Waals surface area contributed by atoms with E-state index < -0.39 is 0 Å². The molecule has 0 radical (unpaired) electrons. The normalized spacial score (nSPS) is 18.5. The SMILES string of the molecule is CN1CCC(CCc2c[nH]c3ccccc23)CC1. The summed E-state index contributed by atoms with van der Waals surface area (Å²) >= 11 is 0. The summed E-state index contributed by atoms with van der Waals surface area (Å²) in [7, 11) is 2.23. The molecular weight excluding hydrogens is 220 g/mol. The van der Waals surface area contributed by atoms with E-state index in [-0.39, 0.29) is 0 Å². The van der Waals surface area contributed by atoms with Crippen LogP contribution >= 0.6 is 0 Å². The Hall–Kier alpha value is -1.28. The Kier molecular flexibility index (Phi) is 3.37. The van der Waals surface area contributed by atoms with Gasteiger partial charge in [-0.2, -0.15) is 0 Å². The van der Waals surface area contributed by atoms with E-state index in [9.17, 15) is 0 Å². The Morgan fingerprint density at radius 3 is 2.83 bits per heavy atom. The molecule has 96 valence electrons. The van der Waals surface area contributed by atoms with E-state index in [4.69, 9.17) is 0 Å². The standard InChI is InChI=1S/C16H22N2/c1-18-10-8-13(9-11-18)6-7-14-12-17-16-5-3-2-4-15(14)16/h2-5,12-13,17H,6-11H2,1H3. The van der Waals surface area contributed by atoms with Crippen molar-refractivity contribution >= 4 is 10.9 Å². The zero-order chi connectivity index (χ0) is 12.4. The maximum Gasteiger partial charge on any atom is 0.0456 e. The molecule has 0 amide bonds. The molecule has 2 nitrogen and oxygen atoms in total. The van der Waals surface area contributed by atoms with Crippen LogP contribution in [0.3, 0.4) is 0 Å². The highest BCUT2D eigenvalue weighted by Crippen LogP contribution is 2.24. The molecule has 1 aromatic heterocycles. The number of aromatic nitrogens is 1. The fraction of sp³-hybridized carbons (Fsp3) is 0.500. The van der Waals surface area contributed by atoms with E-state index in [0.717, 1.165) is 5.92 Å². The molecule has 1 aromatic carbocycles. The van der Waals surface area contributed by atoms with E-state index in [1.807, 2.05) is 0 Å². The van der Waals surface area contributed by atoms with Gasteiger partial charge in [0.1, 0.15) is 0 Å². The third-order valence-corrected chi connectivity index (χ3v) is 4.33. The highest BCUT2D eigenvalue weighted by Gasteiger charge is 2.16. The van der Waals surface area contributed by atoms with Crippen molar-refractivity contribution in [2.45, 2.75) is 25.7 Å². The van der Waals surface area contributed by atoms with Crippen molar-refractivity contribution < 1.29 is 0 Å². The van der Waals surface area contributed by atoms with E-state index in [0.29, 0.717) is 0 Å². The van der Waals surface area contributed by atoms with Gasteiger partial charge in [0.05, 0.1) is 0 Å². The second-order valence-electron chi connectivity index (χ2n) is 5.64. The average Bonchev–Trinajstić information content (AvgIpc) is 2.82. The summed E-state index contributed by atoms with van der Waals surface area (Å²) in [5.74, 6) is 0.926. The quantitative estimate of drug-likeness (QED) is 0.873. The van der Waals surface area contributed by atoms with Crippen LogP contribution in [0.25, 0.3) is 10.9 Å². The zero-order valence-corrected chi connectivity index (χ0v) is 11.2. The van der Waals surface area contributed by atoms with Gasteiger partial charge in [-0.15, -0.1) is 0 Å². The number of nitrogens with zero attached hydrogens (tertiary/aromatic N) is 1. The zero-order valence-electron chi connectivity index (χ0n) is 11.2. The topological polar surface area (TPSA) is 19.0 Å². The van der Waals surface area contributed by atoms with E-state index in [1.165, 1.54) is 55.2 Å². The second-order valence-corrected chi connectivity index (χ2v) is 5.64. The number of aromatic amines is 1. The minimum atomic E-state index is 0.926. The minimum absolute atomic E-state index is 0.926. The molecule has 18 heavy (non-hydrogen) atoms. The number of fused-ring (bicyclic) bond motifs is 1. The van der Waals surface area contributed by atoms with Gasteiger partial charge in [-0.1, -0.05) is 18.2 Å². The lowest BCUT2D eigenvalue weighted by molar-refractivity contribution is 0.212. The summed E-state index contributed by atoms with van der Waals surface area (Å²) < 4.78 is 0. The van der Waals surface area contributed by atoms with E-state index in [2.05, 4.69) is 47.4 Å². The number of hydrogen-bond acceptors (Lipinski definition) is 1. The first-order chi connectivity index (χ1) is 8.83. The number of likely N-dealkylation sites (tertiary alicyclic amines) is 1. The van der Waals surface area contributed by atoms with Gasteiger partial charge in [0.2, 0.25) is 0 Å². The Balaban J connectivity index is 1.63. The molecule has 0 bridgehead atoms. The molecule has 1 saturated heterocycles. The molecular formula is C16H22N2. The lowest BCUT2D eigenvalue weighted by Crippen LogP contribution is -2.30. The van der Waals surface area contributed by atoms with Gasteiger partial charge in [0, 0.05) is 17.1 Å². The Morgan fingerprint density at radius 2 is 2.00 bits per heavy atom. The fourth-order valence-corrected chi connectivity index (χ4v) is 3.05. The average molecular weight is 242 g/mol. The predicted octanol–water partition coefficient (Wildman–Crippen LogP) is 3.44. The Bertz CT molecular complexity index is 507. The van der Waals surface area contributed by atoms with Crippen LogP contribution in [-0.4, -0.2) is 30.0 Å². The van der Waals surface area contributed by atoms with Crippen molar-refractivity contribution in [2.75, 3.05) is 20.1 Å². The molecule has 2 heterocycles. The van der Waals surface area contributed by atoms with Gasteiger partial charge in [0.25, 0.3) is 0 Å². The first-order valence-electron chi connectivity index (χ1n) is 7.06. The number of rotatable bonds is 3. The van der Waals surface area contributed by atoms with Gasteiger partial charge in [-0.05, 0) is 63.4 Å². The maximum atomic E-state index is 3.37. The molecule has 3 rings (SSSR count). The number of nitrogens with one attached hydrogen (secondary N) is 1. The van der Waals surface area contributed by atoms with Crippen LogP contribution in [0.1, 0.15) is 24.8 Å². The van der Waals surface area contributed by atoms with Crippen molar-refractivity contribution in [3.63, 3.8) is 0 Å². The van der Waals surface area contributed by atoms with Crippen molar-refractivity contribution in [2.24, 2.45) is 5.92 Å². The first-order valence-corrected chi connectivity index (χ1v) is 7.06. The molecule has 0 aliphatic carbocycles. The number of H-pyrrole nitrogens is 1. The molecule has 1 aliphatic heterocycles.